The molecule has 0 saturated heterocycles. The predicted octanol–water partition coefficient (Wildman–Crippen LogP) is 3.16. The lowest BCUT2D eigenvalue weighted by Crippen LogP contribution is -2.31. The van der Waals surface area contributed by atoms with Gasteiger partial charge in [0.05, 0.1) is 0 Å². The Morgan fingerprint density at radius 3 is 3.10 bits per heavy atom. The van der Waals surface area contributed by atoms with Crippen LogP contribution >= 0.6 is 15.9 Å². The van der Waals surface area contributed by atoms with Gasteiger partial charge in [-0.05, 0) is 55.5 Å². The number of hydrogen-bond donors (Lipinski definition) is 1. The molecule has 3 rings (SSSR count). The summed E-state index contributed by atoms with van der Waals surface area (Å²) in [4.78, 5) is 0. The quantitative estimate of drug-likeness (QED) is 0.738. The van der Waals surface area contributed by atoms with Crippen LogP contribution in [0.3, 0.4) is 0 Å². The van der Waals surface area contributed by atoms with Gasteiger partial charge in [-0.25, -0.2) is 0 Å². The highest BCUT2D eigenvalue weighted by molar-refractivity contribution is 9.10. The lowest BCUT2D eigenvalue weighted by atomic mass is 10.1. The van der Waals surface area contributed by atoms with Gasteiger partial charge in [0.25, 0.3) is 0 Å². The smallest absolute Gasteiger partial charge is 0.123 e. The predicted molar refractivity (Wildman–Crippen MR) is 83.3 cm³/mol. The van der Waals surface area contributed by atoms with Crippen molar-refractivity contribution < 1.29 is 9.47 Å². The summed E-state index contributed by atoms with van der Waals surface area (Å²) in [6, 6.07) is 6.23. The average molecular weight is 340 g/mol. The number of hydrogen-bond acceptors (Lipinski definition) is 3. The topological polar surface area (TPSA) is 30.5 Å². The van der Waals surface area contributed by atoms with Gasteiger partial charge in [-0.3, -0.25) is 0 Å². The molecular weight excluding hydrogens is 318 g/mol. The summed E-state index contributed by atoms with van der Waals surface area (Å²) in [5.41, 5.74) is 1.30. The van der Waals surface area contributed by atoms with Gasteiger partial charge < -0.3 is 14.8 Å². The van der Waals surface area contributed by atoms with E-state index in [2.05, 4.69) is 27.3 Å². The summed E-state index contributed by atoms with van der Waals surface area (Å²) < 4.78 is 12.7. The minimum atomic E-state index is 0.270. The lowest BCUT2D eigenvalue weighted by Gasteiger charge is -2.11. The molecule has 1 heterocycles. The van der Waals surface area contributed by atoms with Crippen LogP contribution in [0.4, 0.5) is 0 Å². The van der Waals surface area contributed by atoms with E-state index in [0.717, 1.165) is 55.3 Å². The van der Waals surface area contributed by atoms with Gasteiger partial charge in [0, 0.05) is 30.7 Å². The van der Waals surface area contributed by atoms with Crippen molar-refractivity contribution in [1.82, 2.24) is 5.32 Å². The van der Waals surface area contributed by atoms with Crippen molar-refractivity contribution in [2.75, 3.05) is 26.3 Å². The molecule has 1 aromatic carbocycles. The normalized spacial score (nSPS) is 20.8. The number of rotatable bonds is 8. The van der Waals surface area contributed by atoms with Crippen LogP contribution in [0.25, 0.3) is 0 Å². The third-order valence-electron chi connectivity index (χ3n) is 3.83. The molecule has 1 aliphatic heterocycles. The Hall–Kier alpha value is -0.580. The van der Waals surface area contributed by atoms with Crippen LogP contribution in [0.2, 0.25) is 0 Å². The molecule has 1 aromatic rings. The van der Waals surface area contributed by atoms with Crippen LogP contribution in [0, 0.1) is 5.92 Å². The summed E-state index contributed by atoms with van der Waals surface area (Å²) in [7, 11) is 0. The van der Waals surface area contributed by atoms with Gasteiger partial charge in [-0.2, -0.15) is 0 Å². The first-order chi connectivity index (χ1) is 9.81. The largest absolute Gasteiger partial charge is 0.488 e. The van der Waals surface area contributed by atoms with Crippen molar-refractivity contribution >= 4 is 15.9 Å². The molecule has 1 fully saturated rings. The van der Waals surface area contributed by atoms with E-state index in [1.165, 1.54) is 18.4 Å². The maximum atomic E-state index is 5.91. The Labute approximate surface area is 129 Å². The molecule has 1 aliphatic carbocycles. The van der Waals surface area contributed by atoms with Crippen molar-refractivity contribution in [1.29, 1.82) is 0 Å². The van der Waals surface area contributed by atoms with Crippen LogP contribution in [-0.4, -0.2) is 32.4 Å². The summed E-state index contributed by atoms with van der Waals surface area (Å²) in [6.45, 7) is 3.76. The fourth-order valence-electron chi connectivity index (χ4n) is 2.50. The molecule has 2 aliphatic rings. The second-order valence-corrected chi connectivity index (χ2v) is 6.69. The Morgan fingerprint density at radius 1 is 1.35 bits per heavy atom. The highest BCUT2D eigenvalue weighted by atomic mass is 79.9. The van der Waals surface area contributed by atoms with E-state index in [0.29, 0.717) is 0 Å². The zero-order valence-electron chi connectivity index (χ0n) is 11.7. The minimum Gasteiger partial charge on any atom is -0.488 e. The fourth-order valence-corrected chi connectivity index (χ4v) is 2.91. The van der Waals surface area contributed by atoms with E-state index in [-0.39, 0.29) is 6.10 Å². The molecule has 110 valence electrons. The third-order valence-corrected chi connectivity index (χ3v) is 4.32. The summed E-state index contributed by atoms with van der Waals surface area (Å²) in [5, 5.41) is 3.46. The first-order valence-corrected chi connectivity index (χ1v) is 8.34. The van der Waals surface area contributed by atoms with Crippen molar-refractivity contribution in [2.45, 2.75) is 31.8 Å². The second-order valence-electron chi connectivity index (χ2n) is 5.77. The molecule has 1 atom stereocenters. The van der Waals surface area contributed by atoms with Crippen molar-refractivity contribution in [3.8, 4) is 5.75 Å². The second kappa shape index (κ2) is 6.92. The van der Waals surface area contributed by atoms with Gasteiger partial charge >= 0.3 is 0 Å². The SMILES string of the molecule is Brc1ccc2c(c1)CC(CNCCCOCC1CC1)O2. The molecule has 4 heteroatoms. The van der Waals surface area contributed by atoms with Crippen molar-refractivity contribution in [2.24, 2.45) is 5.92 Å². The maximum Gasteiger partial charge on any atom is 0.123 e. The standard InChI is InChI=1S/C16H22BrNO2/c17-14-4-5-16-13(8-14)9-15(20-16)10-18-6-1-7-19-11-12-2-3-12/h4-5,8,12,15,18H,1-3,6-7,9-11H2. The maximum absolute atomic E-state index is 5.91. The van der Waals surface area contributed by atoms with Crippen molar-refractivity contribution in [3.63, 3.8) is 0 Å². The summed E-state index contributed by atoms with van der Waals surface area (Å²) in [6.07, 6.45) is 5.09. The third kappa shape index (κ3) is 4.21. The van der Waals surface area contributed by atoms with E-state index in [9.17, 15) is 0 Å². The molecular formula is C16H22BrNO2. The molecule has 0 bridgehead atoms. The van der Waals surface area contributed by atoms with Gasteiger partial charge in [-0.15, -0.1) is 0 Å². The minimum absolute atomic E-state index is 0.270. The number of halogens is 1. The number of fused-ring (bicyclic) bond motifs is 1. The highest BCUT2D eigenvalue weighted by Crippen LogP contribution is 2.31. The molecule has 0 spiro atoms. The van der Waals surface area contributed by atoms with Crippen LogP contribution in [0.5, 0.6) is 5.75 Å². The summed E-state index contributed by atoms with van der Waals surface area (Å²) in [5.74, 6) is 1.90. The molecule has 0 aromatic heterocycles. The highest BCUT2D eigenvalue weighted by Gasteiger charge is 2.22. The van der Waals surface area contributed by atoms with Crippen LogP contribution in [-0.2, 0) is 11.2 Å². The molecule has 0 amide bonds. The van der Waals surface area contributed by atoms with Gasteiger partial charge in [0.15, 0.2) is 0 Å². The molecule has 1 saturated carbocycles. The Kier molecular flexibility index (Phi) is 4.97. The first kappa shape index (κ1) is 14.4. The average Bonchev–Trinajstić information content (AvgIpc) is 3.17. The molecule has 20 heavy (non-hydrogen) atoms. The fraction of sp³-hybridized carbons (Fsp3) is 0.625. The lowest BCUT2D eigenvalue weighted by molar-refractivity contribution is 0.121. The van der Waals surface area contributed by atoms with Crippen LogP contribution in [0.15, 0.2) is 22.7 Å². The number of ether oxygens (including phenoxy) is 2. The first-order valence-electron chi connectivity index (χ1n) is 7.55. The zero-order chi connectivity index (χ0) is 13.8. The van der Waals surface area contributed by atoms with E-state index < -0.39 is 0 Å². The van der Waals surface area contributed by atoms with E-state index in [1.807, 2.05) is 12.1 Å². The van der Waals surface area contributed by atoms with E-state index in [1.54, 1.807) is 0 Å². The van der Waals surface area contributed by atoms with Crippen LogP contribution in [0.1, 0.15) is 24.8 Å². The molecule has 3 nitrogen and oxygen atoms in total. The van der Waals surface area contributed by atoms with Gasteiger partial charge in [0.2, 0.25) is 0 Å². The Balaban J connectivity index is 1.26. The summed E-state index contributed by atoms with van der Waals surface area (Å²) >= 11 is 3.50. The van der Waals surface area contributed by atoms with E-state index >= 15 is 0 Å². The Morgan fingerprint density at radius 2 is 2.25 bits per heavy atom. The van der Waals surface area contributed by atoms with E-state index in [4.69, 9.17) is 9.47 Å². The van der Waals surface area contributed by atoms with Gasteiger partial charge in [-0.1, -0.05) is 15.9 Å². The number of benzene rings is 1. The van der Waals surface area contributed by atoms with Crippen LogP contribution < -0.4 is 10.1 Å². The Bertz CT molecular complexity index is 448. The van der Waals surface area contributed by atoms with Crippen molar-refractivity contribution in [3.05, 3.63) is 28.2 Å². The molecule has 0 radical (unpaired) electrons. The zero-order valence-corrected chi connectivity index (χ0v) is 13.3. The molecule has 1 N–H and O–H groups in total. The number of nitrogens with one attached hydrogen (secondary N) is 1. The monoisotopic (exact) mass is 339 g/mol. The van der Waals surface area contributed by atoms with Gasteiger partial charge in [0.1, 0.15) is 11.9 Å². The molecule has 1 unspecified atom stereocenters.